The van der Waals surface area contributed by atoms with E-state index in [0.717, 1.165) is 30.8 Å². The average Bonchev–Trinajstić information content (AvgIpc) is 3.08. The average molecular weight is 322 g/mol. The maximum Gasteiger partial charge on any atom is 0.238 e. The van der Waals surface area contributed by atoms with Gasteiger partial charge in [0.25, 0.3) is 0 Å². The molecule has 6 rings (SSSR count). The van der Waals surface area contributed by atoms with Crippen molar-refractivity contribution in [2.24, 2.45) is 23.2 Å². The predicted molar refractivity (Wildman–Crippen MR) is 90.6 cm³/mol. The third kappa shape index (κ3) is 1.12. The molecule has 0 aromatic heterocycles. The van der Waals surface area contributed by atoms with Crippen LogP contribution in [0.1, 0.15) is 12.0 Å². The Morgan fingerprint density at radius 2 is 2.25 bits per heavy atom. The number of carbonyl (C=O) groups is 1. The third-order valence-electron chi connectivity index (χ3n) is 7.93. The first-order chi connectivity index (χ1) is 11.6. The van der Waals surface area contributed by atoms with Crippen molar-refractivity contribution in [1.82, 2.24) is 4.90 Å². The van der Waals surface area contributed by atoms with Gasteiger partial charge in [0, 0.05) is 35.5 Å². The lowest BCUT2D eigenvalue weighted by molar-refractivity contribution is -0.153. The Hall–Kier alpha value is -1.65. The highest BCUT2D eigenvalue weighted by molar-refractivity contribution is 6.07. The number of amides is 1. The number of ether oxygens (including phenoxy) is 1. The maximum absolute atomic E-state index is 13.4. The number of likely N-dealkylation sites (tertiary alicyclic amines) is 1. The van der Waals surface area contributed by atoms with Crippen molar-refractivity contribution in [3.05, 3.63) is 42.5 Å². The zero-order chi connectivity index (χ0) is 16.3. The number of nitrogens with one attached hydrogen (secondary N) is 1. The first-order valence-corrected chi connectivity index (χ1v) is 9.01. The lowest BCUT2D eigenvalue weighted by Gasteiger charge is -2.54. The summed E-state index contributed by atoms with van der Waals surface area (Å²) < 4.78 is 6.34. The summed E-state index contributed by atoms with van der Waals surface area (Å²) in [5.41, 5.74) is 1.61. The van der Waals surface area contributed by atoms with Crippen molar-refractivity contribution < 1.29 is 9.53 Å². The van der Waals surface area contributed by atoms with Gasteiger partial charge in [-0.2, -0.15) is 0 Å². The molecule has 2 saturated heterocycles. The molecule has 4 heteroatoms. The normalized spacial score (nSPS) is 50.4. The summed E-state index contributed by atoms with van der Waals surface area (Å²) in [5, 5.41) is 3.18. The van der Waals surface area contributed by atoms with Gasteiger partial charge in [-0.15, -0.1) is 6.58 Å². The summed E-state index contributed by atoms with van der Waals surface area (Å²) in [6, 6.07) is 8.64. The summed E-state index contributed by atoms with van der Waals surface area (Å²) in [6.45, 7) is 6.06. The molecule has 1 spiro atoms. The number of fused-ring (bicyclic) bond motifs is 5. The Labute approximate surface area is 141 Å². The van der Waals surface area contributed by atoms with E-state index in [1.54, 1.807) is 0 Å². The monoisotopic (exact) mass is 322 g/mol. The topological polar surface area (TPSA) is 41.6 Å². The Morgan fingerprint density at radius 1 is 1.42 bits per heavy atom. The SMILES string of the molecule is C=C[C@]12CN(C)[C@@H]3C4CO[C@H](C[C@H]41)[C@]1(C(=O)Nc4ccccc41)[C@@H]32. The van der Waals surface area contributed by atoms with Gasteiger partial charge in [-0.25, -0.2) is 0 Å². The van der Waals surface area contributed by atoms with E-state index in [-0.39, 0.29) is 23.3 Å². The lowest BCUT2D eigenvalue weighted by atomic mass is 9.51. The van der Waals surface area contributed by atoms with Crippen molar-refractivity contribution >= 4 is 11.6 Å². The van der Waals surface area contributed by atoms with Crippen LogP contribution in [-0.2, 0) is 14.9 Å². The first kappa shape index (κ1) is 13.6. The summed E-state index contributed by atoms with van der Waals surface area (Å²) in [6.07, 6.45) is 3.17. The molecule has 2 aliphatic carbocycles. The number of nitrogens with zero attached hydrogens (tertiary/aromatic N) is 1. The Balaban J connectivity index is 1.69. The number of rotatable bonds is 1. The Kier molecular flexibility index (Phi) is 2.24. The van der Waals surface area contributed by atoms with E-state index < -0.39 is 5.41 Å². The van der Waals surface area contributed by atoms with Crippen molar-refractivity contribution in [3.63, 3.8) is 0 Å². The fourth-order valence-electron chi connectivity index (χ4n) is 7.38. The molecule has 3 aliphatic heterocycles. The Morgan fingerprint density at radius 3 is 3.08 bits per heavy atom. The quantitative estimate of drug-likeness (QED) is 0.805. The van der Waals surface area contributed by atoms with E-state index in [2.05, 4.69) is 42.1 Å². The zero-order valence-electron chi connectivity index (χ0n) is 13.9. The van der Waals surface area contributed by atoms with Gasteiger partial charge in [0.15, 0.2) is 0 Å². The van der Waals surface area contributed by atoms with Crippen LogP contribution in [0.4, 0.5) is 5.69 Å². The summed E-state index contributed by atoms with van der Waals surface area (Å²) in [4.78, 5) is 15.9. The van der Waals surface area contributed by atoms with Gasteiger partial charge in [-0.05, 0) is 31.0 Å². The van der Waals surface area contributed by atoms with E-state index in [9.17, 15) is 4.79 Å². The molecule has 124 valence electrons. The van der Waals surface area contributed by atoms with Crippen LogP contribution in [0.2, 0.25) is 0 Å². The minimum Gasteiger partial charge on any atom is -0.376 e. The fraction of sp³-hybridized carbons (Fsp3) is 0.550. The van der Waals surface area contributed by atoms with Gasteiger partial charge < -0.3 is 15.0 Å². The van der Waals surface area contributed by atoms with Gasteiger partial charge in [0.05, 0.1) is 12.7 Å². The molecule has 24 heavy (non-hydrogen) atoms. The van der Waals surface area contributed by atoms with Crippen LogP contribution < -0.4 is 5.32 Å². The van der Waals surface area contributed by atoms with Crippen LogP contribution in [-0.4, -0.2) is 43.2 Å². The number of hydrogen-bond donors (Lipinski definition) is 1. The van der Waals surface area contributed by atoms with Crippen LogP contribution in [0.5, 0.6) is 0 Å². The van der Waals surface area contributed by atoms with Crippen LogP contribution >= 0.6 is 0 Å². The molecule has 7 atom stereocenters. The van der Waals surface area contributed by atoms with E-state index >= 15 is 0 Å². The third-order valence-corrected chi connectivity index (χ3v) is 7.93. The molecular formula is C20H22N2O2. The standard InChI is InChI=1S/C20H22N2O2/c1-3-19-10-22(2)16-11-9-24-15(8-13(11)19)20(17(16)19)12-6-4-5-7-14(12)21-18(20)23/h3-7,11,13,15-17H,1,8-10H2,2H3,(H,21,23)/t11?,13-,15-,16-,17+,19+,20+/m1/s1. The molecule has 4 nitrogen and oxygen atoms in total. The second-order valence-electron chi connectivity index (χ2n) is 8.40. The molecule has 2 saturated carbocycles. The van der Waals surface area contributed by atoms with Crippen molar-refractivity contribution in [2.45, 2.75) is 24.0 Å². The van der Waals surface area contributed by atoms with Gasteiger partial charge in [-0.1, -0.05) is 24.3 Å². The fourth-order valence-corrected chi connectivity index (χ4v) is 7.38. The number of anilines is 1. The number of para-hydroxylation sites is 1. The predicted octanol–water partition coefficient (Wildman–Crippen LogP) is 2.03. The summed E-state index contributed by atoms with van der Waals surface area (Å²) in [5.74, 6) is 1.56. The zero-order valence-corrected chi connectivity index (χ0v) is 13.9. The second kappa shape index (κ2) is 3.94. The van der Waals surface area contributed by atoms with Gasteiger partial charge >= 0.3 is 0 Å². The highest BCUT2D eigenvalue weighted by Crippen LogP contribution is 2.73. The smallest absolute Gasteiger partial charge is 0.238 e. The van der Waals surface area contributed by atoms with Crippen LogP contribution in [0.25, 0.3) is 0 Å². The highest BCUT2D eigenvalue weighted by Gasteiger charge is 2.79. The van der Waals surface area contributed by atoms with Crippen LogP contribution in [0, 0.1) is 23.2 Å². The molecule has 1 unspecified atom stereocenters. The van der Waals surface area contributed by atoms with Crippen LogP contribution in [0.15, 0.2) is 36.9 Å². The molecule has 5 aliphatic rings. The number of hydrogen-bond acceptors (Lipinski definition) is 3. The minimum absolute atomic E-state index is 0.00280. The molecule has 1 aromatic carbocycles. The van der Waals surface area contributed by atoms with E-state index in [1.807, 2.05) is 12.1 Å². The number of piperidine rings is 1. The summed E-state index contributed by atoms with van der Waals surface area (Å²) >= 11 is 0. The Bertz CT molecular complexity index is 792. The van der Waals surface area contributed by atoms with Crippen LogP contribution in [0.3, 0.4) is 0 Å². The number of benzene rings is 1. The molecule has 1 aromatic rings. The molecule has 1 N–H and O–H groups in total. The molecule has 3 heterocycles. The molecule has 4 fully saturated rings. The first-order valence-electron chi connectivity index (χ1n) is 9.01. The molecule has 0 radical (unpaired) electrons. The van der Waals surface area contributed by atoms with Gasteiger partial charge in [0.2, 0.25) is 5.91 Å². The van der Waals surface area contributed by atoms with E-state index in [1.165, 1.54) is 0 Å². The van der Waals surface area contributed by atoms with Gasteiger partial charge in [-0.3, -0.25) is 4.79 Å². The van der Waals surface area contributed by atoms with E-state index in [4.69, 9.17) is 4.74 Å². The minimum atomic E-state index is -0.554. The van der Waals surface area contributed by atoms with Crippen molar-refractivity contribution in [1.29, 1.82) is 0 Å². The van der Waals surface area contributed by atoms with Crippen molar-refractivity contribution in [3.8, 4) is 0 Å². The molecular weight excluding hydrogens is 300 g/mol. The molecule has 1 amide bonds. The molecule has 5 bridgehead atoms. The largest absolute Gasteiger partial charge is 0.376 e. The van der Waals surface area contributed by atoms with Gasteiger partial charge in [0.1, 0.15) is 5.41 Å². The highest BCUT2D eigenvalue weighted by atomic mass is 16.5. The van der Waals surface area contributed by atoms with E-state index in [0.29, 0.717) is 17.9 Å². The lowest BCUT2D eigenvalue weighted by Crippen LogP contribution is -2.62. The summed E-state index contributed by atoms with van der Waals surface area (Å²) in [7, 11) is 2.21. The maximum atomic E-state index is 13.4. The number of carbonyl (C=O) groups excluding carboxylic acids is 1. The second-order valence-corrected chi connectivity index (χ2v) is 8.40. The van der Waals surface area contributed by atoms with Crippen molar-refractivity contribution in [2.75, 3.05) is 25.5 Å².